The third kappa shape index (κ3) is 6.64. The summed E-state index contributed by atoms with van der Waals surface area (Å²) < 4.78 is 0. The van der Waals surface area contributed by atoms with E-state index in [4.69, 9.17) is 0 Å². The Morgan fingerprint density at radius 2 is 1.64 bits per heavy atom. The minimum absolute atomic E-state index is 0.160. The molecule has 0 unspecified atom stereocenters. The molecular formula is C13H25N. The normalized spacial score (nSPS) is 13.1. The lowest BCUT2D eigenvalue weighted by atomic mass is 9.86. The molecule has 0 aromatic heterocycles. The van der Waals surface area contributed by atoms with Gasteiger partial charge in [0, 0.05) is 12.8 Å². The molecule has 0 amide bonds. The summed E-state index contributed by atoms with van der Waals surface area (Å²) in [7, 11) is 1.80. The first kappa shape index (κ1) is 15.6. The van der Waals surface area contributed by atoms with Gasteiger partial charge in [-0.1, -0.05) is 47.3 Å². The highest BCUT2D eigenvalue weighted by Gasteiger charge is 2.13. The van der Waals surface area contributed by atoms with Gasteiger partial charge in [-0.05, 0) is 24.0 Å². The summed E-state index contributed by atoms with van der Waals surface area (Å²) in [6.45, 7) is 16.3. The molecular weight excluding hydrogens is 170 g/mol. The molecule has 0 saturated carbocycles. The van der Waals surface area contributed by atoms with Crippen molar-refractivity contribution in [2.24, 2.45) is 10.4 Å². The second-order valence-electron chi connectivity index (χ2n) is 3.92. The molecule has 0 aromatic carbocycles. The minimum atomic E-state index is 0.160. The smallest absolute Gasteiger partial charge is 0.0316 e. The number of aliphatic imine (C=N–C) groups is 1. The maximum atomic E-state index is 4.08. The topological polar surface area (TPSA) is 12.4 Å². The summed E-state index contributed by atoms with van der Waals surface area (Å²) in [5, 5.41) is 0. The van der Waals surface area contributed by atoms with E-state index in [0.717, 1.165) is 5.71 Å². The van der Waals surface area contributed by atoms with Gasteiger partial charge in [0.2, 0.25) is 0 Å². The molecule has 0 N–H and O–H groups in total. The van der Waals surface area contributed by atoms with E-state index in [0.29, 0.717) is 0 Å². The molecule has 0 radical (unpaired) electrons. The Bertz CT molecular complexity index is 214. The van der Waals surface area contributed by atoms with Crippen LogP contribution in [0.5, 0.6) is 0 Å². The van der Waals surface area contributed by atoms with Gasteiger partial charge in [0.1, 0.15) is 0 Å². The SMILES string of the molecule is C=C/C(=C\C(C)=NC)C(C)(C)C.CC. The lowest BCUT2D eigenvalue weighted by Gasteiger charge is -2.19. The van der Waals surface area contributed by atoms with Crippen LogP contribution in [-0.2, 0) is 0 Å². The molecule has 14 heavy (non-hydrogen) atoms. The van der Waals surface area contributed by atoms with Gasteiger partial charge < -0.3 is 0 Å². The van der Waals surface area contributed by atoms with Crippen molar-refractivity contribution >= 4 is 5.71 Å². The quantitative estimate of drug-likeness (QED) is 0.461. The van der Waals surface area contributed by atoms with Gasteiger partial charge >= 0.3 is 0 Å². The van der Waals surface area contributed by atoms with Crippen molar-refractivity contribution in [3.8, 4) is 0 Å². The summed E-state index contributed by atoms with van der Waals surface area (Å²) in [6.07, 6.45) is 3.97. The first-order chi connectivity index (χ1) is 6.41. The highest BCUT2D eigenvalue weighted by molar-refractivity contribution is 5.93. The molecule has 1 heteroatoms. The van der Waals surface area contributed by atoms with Crippen LogP contribution in [0.25, 0.3) is 0 Å². The van der Waals surface area contributed by atoms with Gasteiger partial charge in [-0.25, -0.2) is 0 Å². The van der Waals surface area contributed by atoms with Crippen LogP contribution in [0.2, 0.25) is 0 Å². The summed E-state index contributed by atoms with van der Waals surface area (Å²) in [6, 6.07) is 0. The summed E-state index contributed by atoms with van der Waals surface area (Å²) >= 11 is 0. The number of nitrogens with zero attached hydrogens (tertiary/aromatic N) is 1. The first-order valence-electron chi connectivity index (χ1n) is 5.20. The van der Waals surface area contributed by atoms with Crippen molar-refractivity contribution in [3.63, 3.8) is 0 Å². The van der Waals surface area contributed by atoms with E-state index in [9.17, 15) is 0 Å². The lowest BCUT2D eigenvalue weighted by molar-refractivity contribution is 0.518. The maximum absolute atomic E-state index is 4.08. The summed E-state index contributed by atoms with van der Waals surface area (Å²) in [4.78, 5) is 4.08. The Morgan fingerprint density at radius 3 is 1.86 bits per heavy atom. The second-order valence-corrected chi connectivity index (χ2v) is 3.92. The molecule has 1 nitrogen and oxygen atoms in total. The van der Waals surface area contributed by atoms with Gasteiger partial charge in [-0.15, -0.1) is 0 Å². The van der Waals surface area contributed by atoms with Gasteiger partial charge in [0.05, 0.1) is 0 Å². The molecule has 0 aliphatic carbocycles. The van der Waals surface area contributed by atoms with E-state index < -0.39 is 0 Å². The minimum Gasteiger partial charge on any atom is -0.293 e. The number of hydrogen-bond donors (Lipinski definition) is 0. The van der Waals surface area contributed by atoms with Crippen molar-refractivity contribution in [2.45, 2.75) is 41.5 Å². The van der Waals surface area contributed by atoms with Crippen molar-refractivity contribution in [1.29, 1.82) is 0 Å². The fraction of sp³-hybridized carbons (Fsp3) is 0.615. The predicted octanol–water partition coefficient (Wildman–Crippen LogP) is 4.26. The molecule has 0 bridgehead atoms. The Kier molecular flexibility index (Phi) is 8.41. The van der Waals surface area contributed by atoms with E-state index in [1.165, 1.54) is 5.57 Å². The molecule has 0 aliphatic heterocycles. The molecule has 0 spiro atoms. The Balaban J connectivity index is 0. The lowest BCUT2D eigenvalue weighted by Crippen LogP contribution is -2.08. The largest absolute Gasteiger partial charge is 0.293 e. The molecule has 0 aliphatic rings. The highest BCUT2D eigenvalue weighted by atomic mass is 14.7. The van der Waals surface area contributed by atoms with E-state index in [-0.39, 0.29) is 5.41 Å². The van der Waals surface area contributed by atoms with Gasteiger partial charge in [0.25, 0.3) is 0 Å². The number of allylic oxidation sites excluding steroid dienone is 3. The highest BCUT2D eigenvalue weighted by Crippen LogP contribution is 2.25. The van der Waals surface area contributed by atoms with Crippen LogP contribution < -0.4 is 0 Å². The van der Waals surface area contributed by atoms with Crippen LogP contribution in [-0.4, -0.2) is 12.8 Å². The van der Waals surface area contributed by atoms with Crippen molar-refractivity contribution in [1.82, 2.24) is 0 Å². The van der Waals surface area contributed by atoms with Gasteiger partial charge in [-0.2, -0.15) is 0 Å². The monoisotopic (exact) mass is 195 g/mol. The van der Waals surface area contributed by atoms with E-state index in [2.05, 4.69) is 38.4 Å². The van der Waals surface area contributed by atoms with Crippen LogP contribution in [0, 0.1) is 5.41 Å². The zero-order chi connectivity index (χ0) is 11.8. The molecule has 0 aromatic rings. The summed E-state index contributed by atoms with van der Waals surface area (Å²) in [5.41, 5.74) is 2.43. The van der Waals surface area contributed by atoms with Gasteiger partial charge in [0.15, 0.2) is 0 Å². The number of hydrogen-bond acceptors (Lipinski definition) is 1. The second kappa shape index (κ2) is 7.54. The molecule has 0 saturated heterocycles. The predicted molar refractivity (Wildman–Crippen MR) is 68.1 cm³/mol. The first-order valence-corrected chi connectivity index (χ1v) is 5.20. The van der Waals surface area contributed by atoms with Crippen LogP contribution >= 0.6 is 0 Å². The maximum Gasteiger partial charge on any atom is 0.0316 e. The molecule has 82 valence electrons. The van der Waals surface area contributed by atoms with Crippen molar-refractivity contribution < 1.29 is 0 Å². The Hall–Kier alpha value is -0.850. The fourth-order valence-corrected chi connectivity index (χ4v) is 0.871. The van der Waals surface area contributed by atoms with Gasteiger partial charge in [-0.3, -0.25) is 4.99 Å². The zero-order valence-electron chi connectivity index (χ0n) is 10.8. The fourth-order valence-electron chi connectivity index (χ4n) is 0.871. The zero-order valence-corrected chi connectivity index (χ0v) is 10.8. The van der Waals surface area contributed by atoms with Crippen molar-refractivity contribution in [3.05, 3.63) is 24.3 Å². The number of rotatable bonds is 2. The summed E-state index contributed by atoms with van der Waals surface area (Å²) in [5.74, 6) is 0. The average molecular weight is 195 g/mol. The molecule has 0 atom stereocenters. The third-order valence-corrected chi connectivity index (χ3v) is 1.80. The molecule has 0 fully saturated rings. The van der Waals surface area contributed by atoms with E-state index in [1.807, 2.05) is 26.8 Å². The van der Waals surface area contributed by atoms with Crippen LogP contribution in [0.4, 0.5) is 0 Å². The van der Waals surface area contributed by atoms with Crippen LogP contribution in [0.3, 0.4) is 0 Å². The average Bonchev–Trinajstić information content (AvgIpc) is 2.15. The van der Waals surface area contributed by atoms with E-state index >= 15 is 0 Å². The Labute approximate surface area is 89.6 Å². The molecule has 0 rings (SSSR count). The van der Waals surface area contributed by atoms with Crippen molar-refractivity contribution in [2.75, 3.05) is 7.05 Å². The third-order valence-electron chi connectivity index (χ3n) is 1.80. The molecule has 0 heterocycles. The van der Waals surface area contributed by atoms with E-state index in [1.54, 1.807) is 7.05 Å². The Morgan fingerprint density at radius 1 is 1.21 bits per heavy atom. The van der Waals surface area contributed by atoms with Crippen LogP contribution in [0.15, 0.2) is 29.3 Å². The standard InChI is InChI=1S/C11H19N.C2H6/c1-7-10(11(3,4)5)8-9(2)12-6;1-2/h7-8H,1H2,2-6H3;1-2H3/b10-8+,12-9?;. The van der Waals surface area contributed by atoms with Crippen LogP contribution in [0.1, 0.15) is 41.5 Å².